The van der Waals surface area contributed by atoms with Gasteiger partial charge in [-0.3, -0.25) is 4.79 Å². The van der Waals surface area contributed by atoms with E-state index in [2.05, 4.69) is 26.5 Å². The third kappa shape index (κ3) is 4.26. The number of aryl methyl sites for hydroxylation is 1. The van der Waals surface area contributed by atoms with E-state index < -0.39 is 0 Å². The van der Waals surface area contributed by atoms with Gasteiger partial charge in [-0.15, -0.1) is 10.2 Å². The first kappa shape index (κ1) is 18.7. The molecule has 1 fully saturated rings. The van der Waals surface area contributed by atoms with Gasteiger partial charge < -0.3 is 15.0 Å². The molecule has 0 bridgehead atoms. The number of anilines is 2. The van der Waals surface area contributed by atoms with Gasteiger partial charge in [0.15, 0.2) is 5.82 Å². The van der Waals surface area contributed by atoms with Gasteiger partial charge in [0, 0.05) is 29.5 Å². The van der Waals surface area contributed by atoms with E-state index in [0.717, 1.165) is 46.0 Å². The number of ether oxygens (including phenoxy) is 1. The Morgan fingerprint density at radius 3 is 2.68 bits per heavy atom. The minimum Gasteiger partial charge on any atom is -0.378 e. The lowest BCUT2D eigenvalue weighted by atomic mass is 10.2. The van der Waals surface area contributed by atoms with Crippen molar-refractivity contribution in [3.63, 3.8) is 0 Å². The Labute approximate surface area is 168 Å². The summed E-state index contributed by atoms with van der Waals surface area (Å²) in [7, 11) is 0. The first-order valence-corrected chi connectivity index (χ1v) is 10.3. The van der Waals surface area contributed by atoms with E-state index in [1.807, 2.05) is 49.4 Å². The summed E-state index contributed by atoms with van der Waals surface area (Å²) in [4.78, 5) is 14.6. The van der Waals surface area contributed by atoms with Crippen molar-refractivity contribution in [3.8, 4) is 0 Å². The molecule has 0 spiro atoms. The van der Waals surface area contributed by atoms with Crippen LogP contribution in [0.4, 0.5) is 11.5 Å². The van der Waals surface area contributed by atoms with Gasteiger partial charge in [-0.1, -0.05) is 48.2 Å². The lowest BCUT2D eigenvalue weighted by Gasteiger charge is -2.28. The second-order valence-corrected chi connectivity index (χ2v) is 7.64. The van der Waals surface area contributed by atoms with Crippen LogP contribution in [0.1, 0.15) is 5.56 Å². The zero-order valence-corrected chi connectivity index (χ0v) is 16.5. The Balaban J connectivity index is 1.50. The summed E-state index contributed by atoms with van der Waals surface area (Å²) in [6.07, 6.45) is 0. The van der Waals surface area contributed by atoms with E-state index in [1.54, 1.807) is 0 Å². The van der Waals surface area contributed by atoms with E-state index in [-0.39, 0.29) is 11.7 Å². The minimum atomic E-state index is -0.0567. The van der Waals surface area contributed by atoms with Crippen molar-refractivity contribution in [2.24, 2.45) is 0 Å². The van der Waals surface area contributed by atoms with Crippen LogP contribution in [0, 0.1) is 6.92 Å². The van der Waals surface area contributed by atoms with E-state index in [9.17, 15) is 4.79 Å². The van der Waals surface area contributed by atoms with Crippen molar-refractivity contribution in [3.05, 3.63) is 54.1 Å². The molecule has 4 rings (SSSR count). The molecule has 1 aliphatic rings. The highest BCUT2D eigenvalue weighted by atomic mass is 32.2. The molecule has 1 saturated heterocycles. The number of benzene rings is 2. The van der Waals surface area contributed by atoms with Crippen LogP contribution in [-0.2, 0) is 9.53 Å². The monoisotopic (exact) mass is 394 g/mol. The SMILES string of the molecule is Cc1cccc(NC(=O)CSc2nnc(N3CCOCC3)c3ccccc23)c1. The first-order valence-electron chi connectivity index (χ1n) is 9.28. The molecule has 3 aromatic rings. The van der Waals surface area contributed by atoms with Crippen molar-refractivity contribution >= 4 is 39.9 Å². The molecule has 0 radical (unpaired) electrons. The Bertz CT molecular complexity index is 989. The summed E-state index contributed by atoms with van der Waals surface area (Å²) in [5.41, 5.74) is 1.92. The summed E-state index contributed by atoms with van der Waals surface area (Å²) in [6, 6.07) is 15.9. The second kappa shape index (κ2) is 8.58. The number of rotatable bonds is 5. The van der Waals surface area contributed by atoms with Crippen molar-refractivity contribution in [1.29, 1.82) is 0 Å². The van der Waals surface area contributed by atoms with Crippen LogP contribution in [0.15, 0.2) is 53.6 Å². The topological polar surface area (TPSA) is 67.4 Å². The van der Waals surface area contributed by atoms with E-state index >= 15 is 0 Å². The molecule has 1 amide bonds. The normalized spacial score (nSPS) is 14.2. The van der Waals surface area contributed by atoms with Gasteiger partial charge in [-0.05, 0) is 24.6 Å². The minimum absolute atomic E-state index is 0.0567. The molecule has 2 heterocycles. The largest absolute Gasteiger partial charge is 0.378 e. The number of hydrogen-bond acceptors (Lipinski definition) is 6. The Hall–Kier alpha value is -2.64. The third-order valence-corrected chi connectivity index (χ3v) is 5.57. The van der Waals surface area contributed by atoms with Crippen molar-refractivity contribution in [1.82, 2.24) is 10.2 Å². The molecule has 1 N–H and O–H groups in total. The van der Waals surface area contributed by atoms with Crippen molar-refractivity contribution < 1.29 is 9.53 Å². The molecule has 0 aliphatic carbocycles. The highest BCUT2D eigenvalue weighted by Gasteiger charge is 2.18. The molecule has 0 saturated carbocycles. The van der Waals surface area contributed by atoms with Crippen LogP contribution in [0.2, 0.25) is 0 Å². The maximum Gasteiger partial charge on any atom is 0.234 e. The first-order chi connectivity index (χ1) is 13.7. The maximum absolute atomic E-state index is 12.3. The molecule has 7 heteroatoms. The lowest BCUT2D eigenvalue weighted by Crippen LogP contribution is -2.37. The number of thioether (sulfide) groups is 1. The fourth-order valence-corrected chi connectivity index (χ4v) is 4.01. The molecule has 144 valence electrons. The predicted octanol–water partition coefficient (Wildman–Crippen LogP) is 3.51. The number of hydrogen-bond donors (Lipinski definition) is 1. The number of fused-ring (bicyclic) bond motifs is 1. The van der Waals surface area contributed by atoms with Gasteiger partial charge in [-0.2, -0.15) is 0 Å². The van der Waals surface area contributed by atoms with Crippen molar-refractivity contribution in [2.75, 3.05) is 42.3 Å². The van der Waals surface area contributed by atoms with Gasteiger partial charge in [-0.25, -0.2) is 0 Å². The number of carbonyl (C=O) groups is 1. The van der Waals surface area contributed by atoms with Gasteiger partial charge in [0.05, 0.1) is 19.0 Å². The number of morpholine rings is 1. The number of amides is 1. The number of carbonyl (C=O) groups excluding carboxylic acids is 1. The van der Waals surface area contributed by atoms with Gasteiger partial charge >= 0.3 is 0 Å². The van der Waals surface area contributed by atoms with Gasteiger partial charge in [0.25, 0.3) is 0 Å². The number of aromatic nitrogens is 2. The fourth-order valence-electron chi connectivity index (χ4n) is 3.23. The summed E-state index contributed by atoms with van der Waals surface area (Å²) in [5, 5.41) is 14.7. The fraction of sp³-hybridized carbons (Fsp3) is 0.286. The number of nitrogens with zero attached hydrogens (tertiary/aromatic N) is 3. The van der Waals surface area contributed by atoms with Crippen LogP contribution in [0.3, 0.4) is 0 Å². The molecule has 6 nitrogen and oxygen atoms in total. The zero-order valence-electron chi connectivity index (χ0n) is 15.7. The average molecular weight is 395 g/mol. The molecule has 1 aliphatic heterocycles. The van der Waals surface area contributed by atoms with Gasteiger partial charge in [0.2, 0.25) is 5.91 Å². The second-order valence-electron chi connectivity index (χ2n) is 6.68. The molecule has 0 atom stereocenters. The molecular formula is C21H22N4O2S. The summed E-state index contributed by atoms with van der Waals surface area (Å²) < 4.78 is 5.44. The van der Waals surface area contributed by atoms with Crippen LogP contribution < -0.4 is 10.2 Å². The van der Waals surface area contributed by atoms with Crippen LogP contribution >= 0.6 is 11.8 Å². The van der Waals surface area contributed by atoms with Gasteiger partial charge in [0.1, 0.15) is 5.03 Å². The molecule has 28 heavy (non-hydrogen) atoms. The highest BCUT2D eigenvalue weighted by molar-refractivity contribution is 8.00. The van der Waals surface area contributed by atoms with E-state index in [4.69, 9.17) is 4.74 Å². The molecule has 2 aromatic carbocycles. The molecule has 1 aromatic heterocycles. The third-order valence-electron chi connectivity index (χ3n) is 4.59. The van der Waals surface area contributed by atoms with Crippen LogP contribution in [0.5, 0.6) is 0 Å². The average Bonchev–Trinajstić information content (AvgIpc) is 2.72. The van der Waals surface area contributed by atoms with Crippen LogP contribution in [0.25, 0.3) is 10.8 Å². The summed E-state index contributed by atoms with van der Waals surface area (Å²) >= 11 is 1.41. The summed E-state index contributed by atoms with van der Waals surface area (Å²) in [5.74, 6) is 1.11. The van der Waals surface area contributed by atoms with E-state index in [0.29, 0.717) is 13.2 Å². The van der Waals surface area contributed by atoms with Crippen molar-refractivity contribution in [2.45, 2.75) is 11.9 Å². The highest BCUT2D eigenvalue weighted by Crippen LogP contribution is 2.31. The molecular weight excluding hydrogens is 372 g/mol. The quantitative estimate of drug-likeness (QED) is 0.668. The van der Waals surface area contributed by atoms with E-state index in [1.165, 1.54) is 11.8 Å². The summed E-state index contributed by atoms with van der Waals surface area (Å²) in [6.45, 7) is 5.02. The Kier molecular flexibility index (Phi) is 5.73. The molecule has 0 unspecified atom stereocenters. The number of nitrogens with one attached hydrogen (secondary N) is 1. The smallest absolute Gasteiger partial charge is 0.234 e. The Morgan fingerprint density at radius 1 is 1.11 bits per heavy atom. The standard InChI is InChI=1S/C21H22N4O2S/c1-15-5-4-6-16(13-15)22-19(26)14-28-21-18-8-3-2-7-17(18)20(23-24-21)25-9-11-27-12-10-25/h2-8,13H,9-12,14H2,1H3,(H,22,26). The lowest BCUT2D eigenvalue weighted by molar-refractivity contribution is -0.113. The Morgan fingerprint density at radius 2 is 1.89 bits per heavy atom. The maximum atomic E-state index is 12.3. The zero-order chi connectivity index (χ0) is 19.3. The van der Waals surface area contributed by atoms with Crippen LogP contribution in [-0.4, -0.2) is 48.2 Å². The predicted molar refractivity (Wildman–Crippen MR) is 113 cm³/mol.